The SMILES string of the molecule is CCOc1ccc(N)c(S(=O)(=O)C(F)(F)F)c1. The van der Waals surface area contributed by atoms with E-state index in [9.17, 15) is 21.6 Å². The molecule has 96 valence electrons. The van der Waals surface area contributed by atoms with Crippen LogP contribution in [0.1, 0.15) is 6.92 Å². The van der Waals surface area contributed by atoms with Crippen molar-refractivity contribution in [2.45, 2.75) is 17.3 Å². The van der Waals surface area contributed by atoms with E-state index in [4.69, 9.17) is 10.5 Å². The molecule has 1 aromatic rings. The van der Waals surface area contributed by atoms with Crippen molar-refractivity contribution in [1.29, 1.82) is 0 Å². The Bertz CT molecular complexity index is 511. The number of rotatable bonds is 3. The Labute approximate surface area is 96.1 Å². The van der Waals surface area contributed by atoms with Gasteiger partial charge in [-0.15, -0.1) is 0 Å². The normalized spacial score (nSPS) is 12.5. The van der Waals surface area contributed by atoms with Crippen molar-refractivity contribution in [3.63, 3.8) is 0 Å². The van der Waals surface area contributed by atoms with Crippen LogP contribution < -0.4 is 10.5 Å². The summed E-state index contributed by atoms with van der Waals surface area (Å²) in [6, 6.07) is 3.12. The molecule has 0 radical (unpaired) electrons. The number of hydrogen-bond donors (Lipinski definition) is 1. The summed E-state index contributed by atoms with van der Waals surface area (Å²) in [5.74, 6) is 0.0181. The lowest BCUT2D eigenvalue weighted by Gasteiger charge is -2.12. The molecule has 17 heavy (non-hydrogen) atoms. The summed E-state index contributed by atoms with van der Waals surface area (Å²) in [5, 5.41) is 0. The van der Waals surface area contributed by atoms with Crippen molar-refractivity contribution in [2.75, 3.05) is 12.3 Å². The molecule has 0 heterocycles. The van der Waals surface area contributed by atoms with Crippen molar-refractivity contribution in [2.24, 2.45) is 0 Å². The Morgan fingerprint density at radius 1 is 1.35 bits per heavy atom. The minimum atomic E-state index is -5.45. The summed E-state index contributed by atoms with van der Waals surface area (Å²) in [5.41, 5.74) is -0.616. The lowest BCUT2D eigenvalue weighted by atomic mass is 10.3. The number of alkyl halides is 3. The molecule has 0 aliphatic rings. The zero-order valence-electron chi connectivity index (χ0n) is 8.78. The summed E-state index contributed by atoms with van der Waals surface area (Å²) >= 11 is 0. The van der Waals surface area contributed by atoms with Gasteiger partial charge in [0.15, 0.2) is 0 Å². The van der Waals surface area contributed by atoms with Gasteiger partial charge in [-0.05, 0) is 19.1 Å². The lowest BCUT2D eigenvalue weighted by molar-refractivity contribution is -0.0435. The van der Waals surface area contributed by atoms with Crippen molar-refractivity contribution < 1.29 is 26.3 Å². The van der Waals surface area contributed by atoms with Crippen LogP contribution in [0.15, 0.2) is 23.1 Å². The summed E-state index contributed by atoms with van der Waals surface area (Å²) in [4.78, 5) is -0.990. The first-order valence-corrected chi connectivity index (χ1v) is 6.02. The first-order valence-electron chi connectivity index (χ1n) is 4.54. The molecule has 0 saturated heterocycles. The number of ether oxygens (including phenoxy) is 1. The van der Waals surface area contributed by atoms with Crippen LogP contribution in [0, 0.1) is 0 Å². The molecule has 8 heteroatoms. The molecule has 0 amide bonds. The largest absolute Gasteiger partial charge is 0.501 e. The molecular formula is C9H10F3NO3S. The Hall–Kier alpha value is -1.44. The highest BCUT2D eigenvalue weighted by Gasteiger charge is 2.47. The maximum Gasteiger partial charge on any atom is 0.501 e. The van der Waals surface area contributed by atoms with Gasteiger partial charge in [0.2, 0.25) is 0 Å². The highest BCUT2D eigenvalue weighted by atomic mass is 32.2. The third kappa shape index (κ3) is 2.63. The van der Waals surface area contributed by atoms with Crippen LogP contribution >= 0.6 is 0 Å². The first-order chi connectivity index (χ1) is 7.70. The van der Waals surface area contributed by atoms with Gasteiger partial charge in [-0.1, -0.05) is 0 Å². The average Bonchev–Trinajstić information content (AvgIpc) is 2.19. The summed E-state index contributed by atoms with van der Waals surface area (Å²) in [6.07, 6.45) is 0. The number of benzene rings is 1. The van der Waals surface area contributed by atoms with E-state index in [1.807, 2.05) is 0 Å². The second-order valence-electron chi connectivity index (χ2n) is 3.08. The van der Waals surface area contributed by atoms with Gasteiger partial charge in [0.05, 0.1) is 12.3 Å². The quantitative estimate of drug-likeness (QED) is 0.852. The van der Waals surface area contributed by atoms with Gasteiger partial charge in [0.1, 0.15) is 10.6 Å². The number of hydrogen-bond acceptors (Lipinski definition) is 4. The number of anilines is 1. The topological polar surface area (TPSA) is 69.4 Å². The molecule has 1 rings (SSSR count). The van der Waals surface area contributed by atoms with Crippen LogP contribution in [0.5, 0.6) is 5.75 Å². The van der Waals surface area contributed by atoms with Crippen LogP contribution in [-0.4, -0.2) is 20.5 Å². The van der Waals surface area contributed by atoms with Crippen molar-refractivity contribution in [3.8, 4) is 5.75 Å². The van der Waals surface area contributed by atoms with Gasteiger partial charge in [-0.2, -0.15) is 13.2 Å². The zero-order valence-corrected chi connectivity index (χ0v) is 9.60. The smallest absolute Gasteiger partial charge is 0.494 e. The monoisotopic (exact) mass is 269 g/mol. The van der Waals surface area contributed by atoms with Crippen LogP contribution in [0.25, 0.3) is 0 Å². The molecule has 0 aromatic heterocycles. The van der Waals surface area contributed by atoms with Gasteiger partial charge < -0.3 is 10.5 Å². The molecular weight excluding hydrogens is 259 g/mol. The van der Waals surface area contributed by atoms with E-state index in [0.29, 0.717) is 0 Å². The van der Waals surface area contributed by atoms with Gasteiger partial charge in [-0.3, -0.25) is 0 Å². The summed E-state index contributed by atoms with van der Waals surface area (Å²) in [6.45, 7) is 1.82. The number of halogens is 3. The molecule has 0 saturated carbocycles. The highest BCUT2D eigenvalue weighted by Crippen LogP contribution is 2.35. The van der Waals surface area contributed by atoms with Crippen LogP contribution in [-0.2, 0) is 9.84 Å². The van der Waals surface area contributed by atoms with E-state index in [-0.39, 0.29) is 12.4 Å². The molecule has 0 unspecified atom stereocenters. The van der Waals surface area contributed by atoms with Crippen molar-refractivity contribution >= 4 is 15.5 Å². The number of nitrogen functional groups attached to an aromatic ring is 1. The number of nitrogens with two attached hydrogens (primary N) is 1. The van der Waals surface area contributed by atoms with Crippen LogP contribution in [0.4, 0.5) is 18.9 Å². The Morgan fingerprint density at radius 3 is 2.41 bits per heavy atom. The predicted molar refractivity (Wildman–Crippen MR) is 55.3 cm³/mol. The van der Waals surface area contributed by atoms with E-state index in [0.717, 1.165) is 12.1 Å². The molecule has 0 spiro atoms. The predicted octanol–water partition coefficient (Wildman–Crippen LogP) is 1.96. The average molecular weight is 269 g/mol. The summed E-state index contributed by atoms with van der Waals surface area (Å²) in [7, 11) is -5.45. The molecule has 0 aliphatic heterocycles. The Balaban J connectivity index is 3.36. The van der Waals surface area contributed by atoms with Gasteiger partial charge in [-0.25, -0.2) is 8.42 Å². The maximum atomic E-state index is 12.3. The third-order valence-corrected chi connectivity index (χ3v) is 3.43. The van der Waals surface area contributed by atoms with Gasteiger partial charge in [0.25, 0.3) is 9.84 Å². The van der Waals surface area contributed by atoms with E-state index in [1.165, 1.54) is 6.07 Å². The van der Waals surface area contributed by atoms with E-state index >= 15 is 0 Å². The number of sulfone groups is 1. The highest BCUT2D eigenvalue weighted by molar-refractivity contribution is 7.92. The van der Waals surface area contributed by atoms with Crippen LogP contribution in [0.3, 0.4) is 0 Å². The third-order valence-electron chi connectivity index (χ3n) is 1.89. The van der Waals surface area contributed by atoms with E-state index in [1.54, 1.807) is 6.92 Å². The minimum absolute atomic E-state index is 0.0181. The molecule has 4 nitrogen and oxygen atoms in total. The fourth-order valence-corrected chi connectivity index (χ4v) is 2.03. The Morgan fingerprint density at radius 2 is 1.94 bits per heavy atom. The van der Waals surface area contributed by atoms with Gasteiger partial charge >= 0.3 is 5.51 Å². The van der Waals surface area contributed by atoms with Gasteiger partial charge in [0, 0.05) is 6.07 Å². The van der Waals surface area contributed by atoms with E-state index < -0.39 is 25.9 Å². The second kappa shape index (κ2) is 4.44. The standard InChI is InChI=1S/C9H10F3NO3S/c1-2-16-6-3-4-7(13)8(5-6)17(14,15)9(10,11)12/h3-5H,2,13H2,1H3. The fraction of sp³-hybridized carbons (Fsp3) is 0.333. The fourth-order valence-electron chi connectivity index (χ4n) is 1.13. The van der Waals surface area contributed by atoms with E-state index in [2.05, 4.69) is 0 Å². The molecule has 0 fully saturated rings. The molecule has 2 N–H and O–H groups in total. The molecule has 0 atom stereocenters. The lowest BCUT2D eigenvalue weighted by Crippen LogP contribution is -2.24. The van der Waals surface area contributed by atoms with Crippen LogP contribution in [0.2, 0.25) is 0 Å². The van der Waals surface area contributed by atoms with Crippen molar-refractivity contribution in [1.82, 2.24) is 0 Å². The first kappa shape index (κ1) is 13.6. The molecule has 0 bridgehead atoms. The Kier molecular flexibility index (Phi) is 3.56. The second-order valence-corrected chi connectivity index (χ2v) is 4.99. The zero-order chi connectivity index (χ0) is 13.3. The molecule has 1 aromatic carbocycles. The van der Waals surface area contributed by atoms with Crippen molar-refractivity contribution in [3.05, 3.63) is 18.2 Å². The molecule has 0 aliphatic carbocycles. The summed E-state index contributed by atoms with van der Waals surface area (Å²) < 4.78 is 64.3. The maximum absolute atomic E-state index is 12.3. The minimum Gasteiger partial charge on any atom is -0.494 e.